The third-order valence-corrected chi connectivity index (χ3v) is 5.64. The molecule has 2 aromatic carbocycles. The van der Waals surface area contributed by atoms with Gasteiger partial charge in [0.1, 0.15) is 15.4 Å². The van der Waals surface area contributed by atoms with Gasteiger partial charge in [-0.05, 0) is 18.2 Å². The average molecular weight is 413 g/mol. The molecule has 0 saturated heterocycles. The molecule has 27 heavy (non-hydrogen) atoms. The number of nitrogens with zero attached hydrogens (tertiary/aromatic N) is 1. The molecule has 3 rings (SSSR count). The summed E-state index contributed by atoms with van der Waals surface area (Å²) in [5, 5.41) is 11.2. The molecule has 1 aliphatic rings. The molecule has 0 aromatic heterocycles. The topological polar surface area (TPSA) is 186 Å². The van der Waals surface area contributed by atoms with Crippen molar-refractivity contribution in [1.82, 2.24) is 0 Å². The van der Waals surface area contributed by atoms with E-state index in [0.29, 0.717) is 12.1 Å². The molecule has 0 atom stereocenters. The number of carbonyl (C=O) groups excluding carboxylic acids is 2. The first-order valence-corrected chi connectivity index (χ1v) is 9.72. The highest BCUT2D eigenvalue weighted by molar-refractivity contribution is 7.86. The van der Waals surface area contributed by atoms with Gasteiger partial charge in [-0.1, -0.05) is 6.07 Å². The van der Waals surface area contributed by atoms with E-state index in [1.54, 1.807) is 0 Å². The Bertz CT molecular complexity index is 1280. The number of ketones is 2. The summed E-state index contributed by atoms with van der Waals surface area (Å²) in [5.74, 6) is -2.59. The molecule has 0 heterocycles. The predicted molar refractivity (Wildman–Crippen MR) is 86.0 cm³/mol. The first-order valence-electron chi connectivity index (χ1n) is 6.84. The summed E-state index contributed by atoms with van der Waals surface area (Å²) in [7, 11) is -10.2. The number of hydrogen-bond acceptors (Lipinski definition) is 8. The van der Waals surface area contributed by atoms with Crippen LogP contribution in [0.5, 0.6) is 0 Å². The molecule has 1 aliphatic carbocycles. The van der Waals surface area contributed by atoms with E-state index in [1.807, 2.05) is 0 Å². The van der Waals surface area contributed by atoms with Gasteiger partial charge < -0.3 is 0 Å². The van der Waals surface area contributed by atoms with Gasteiger partial charge in [0.2, 0.25) is 5.78 Å². The summed E-state index contributed by atoms with van der Waals surface area (Å²) >= 11 is 0. The summed E-state index contributed by atoms with van der Waals surface area (Å²) < 4.78 is 65.0. The molecule has 13 heteroatoms. The number of benzene rings is 2. The van der Waals surface area contributed by atoms with Gasteiger partial charge in [-0.25, -0.2) is 0 Å². The van der Waals surface area contributed by atoms with Gasteiger partial charge in [0.05, 0.1) is 16.1 Å². The monoisotopic (exact) mass is 413 g/mol. The average Bonchev–Trinajstić information content (AvgIpc) is 2.56. The zero-order chi connectivity index (χ0) is 20.3. The fraction of sp³-hybridized carbons (Fsp3) is 0. The van der Waals surface area contributed by atoms with Crippen LogP contribution in [0.1, 0.15) is 31.8 Å². The highest BCUT2D eigenvalue weighted by atomic mass is 32.2. The van der Waals surface area contributed by atoms with Gasteiger partial charge in [-0.15, -0.1) is 0 Å². The number of carbonyl (C=O) groups is 2. The normalized spacial score (nSPS) is 13.9. The maximum Gasteiger partial charge on any atom is 0.295 e. The maximum atomic E-state index is 12.8. The number of fused-ring (bicyclic) bond motifs is 2. The Morgan fingerprint density at radius 1 is 0.778 bits per heavy atom. The lowest BCUT2D eigenvalue weighted by Crippen LogP contribution is -2.27. The SMILES string of the molecule is O=C1c2cccc([N+](=O)[O-])c2C(=O)c2c(S(=O)(=O)O)ccc(S(=O)(=O)O)c21. The minimum Gasteiger partial charge on any atom is -0.289 e. The van der Waals surface area contributed by atoms with Crippen LogP contribution >= 0.6 is 0 Å². The van der Waals surface area contributed by atoms with Crippen LogP contribution in [0.2, 0.25) is 0 Å². The number of nitro benzene ring substituents is 1. The molecule has 140 valence electrons. The van der Waals surface area contributed by atoms with Crippen molar-refractivity contribution in [2.24, 2.45) is 0 Å². The van der Waals surface area contributed by atoms with E-state index in [2.05, 4.69) is 0 Å². The van der Waals surface area contributed by atoms with Crippen LogP contribution < -0.4 is 0 Å². The standard InChI is InChI=1S/C14H7NO10S2/c16-13-6-2-1-3-7(15(18)19)10(6)14(17)12-9(27(23,24)25)5-4-8(11(12)13)26(20,21)22/h1-5H,(H,20,21,22)(H,23,24,25). The minimum atomic E-state index is -5.12. The Labute approximate surface area is 150 Å². The fourth-order valence-corrected chi connectivity index (χ4v) is 4.21. The van der Waals surface area contributed by atoms with Crippen molar-refractivity contribution in [1.29, 1.82) is 0 Å². The molecule has 0 radical (unpaired) electrons. The van der Waals surface area contributed by atoms with Crippen LogP contribution in [0.4, 0.5) is 5.69 Å². The van der Waals surface area contributed by atoms with E-state index < -0.39 is 74.5 Å². The molecule has 0 saturated carbocycles. The minimum absolute atomic E-state index is 0.502. The first-order chi connectivity index (χ1) is 12.4. The molecule has 2 aromatic rings. The van der Waals surface area contributed by atoms with Crippen LogP contribution in [-0.2, 0) is 20.2 Å². The zero-order valence-electron chi connectivity index (χ0n) is 12.8. The second kappa shape index (κ2) is 5.75. The van der Waals surface area contributed by atoms with E-state index in [0.717, 1.165) is 18.2 Å². The number of nitro groups is 1. The van der Waals surface area contributed by atoms with E-state index in [9.17, 15) is 45.6 Å². The molecule has 0 fully saturated rings. The second-order valence-corrected chi connectivity index (χ2v) is 8.16. The molecule has 0 bridgehead atoms. The molecule has 0 amide bonds. The highest BCUT2D eigenvalue weighted by Gasteiger charge is 2.42. The largest absolute Gasteiger partial charge is 0.295 e. The summed E-state index contributed by atoms with van der Waals surface area (Å²) in [6.45, 7) is 0. The lowest BCUT2D eigenvalue weighted by molar-refractivity contribution is -0.385. The zero-order valence-corrected chi connectivity index (χ0v) is 14.4. The van der Waals surface area contributed by atoms with Crippen molar-refractivity contribution < 1.29 is 40.5 Å². The van der Waals surface area contributed by atoms with Crippen molar-refractivity contribution in [3.05, 3.63) is 62.7 Å². The number of rotatable bonds is 3. The van der Waals surface area contributed by atoms with Crippen LogP contribution in [0.3, 0.4) is 0 Å². The van der Waals surface area contributed by atoms with E-state index in [-0.39, 0.29) is 0 Å². The quantitative estimate of drug-likeness (QED) is 0.354. The van der Waals surface area contributed by atoms with Gasteiger partial charge in [-0.2, -0.15) is 16.8 Å². The molecule has 11 nitrogen and oxygen atoms in total. The van der Waals surface area contributed by atoms with Crippen LogP contribution in [0.25, 0.3) is 0 Å². The summed E-state index contributed by atoms with van der Waals surface area (Å²) in [6.07, 6.45) is 0. The maximum absolute atomic E-state index is 12.8. The van der Waals surface area contributed by atoms with Crippen molar-refractivity contribution in [2.45, 2.75) is 9.79 Å². The van der Waals surface area contributed by atoms with Crippen LogP contribution in [0.15, 0.2) is 40.1 Å². The lowest BCUT2D eigenvalue weighted by atomic mass is 9.83. The Morgan fingerprint density at radius 2 is 1.26 bits per heavy atom. The summed E-state index contributed by atoms with van der Waals surface area (Å²) in [5.41, 5.74) is -4.17. The lowest BCUT2D eigenvalue weighted by Gasteiger charge is -2.20. The van der Waals surface area contributed by atoms with Crippen LogP contribution in [-0.4, -0.2) is 42.4 Å². The van der Waals surface area contributed by atoms with E-state index >= 15 is 0 Å². The highest BCUT2D eigenvalue weighted by Crippen LogP contribution is 2.38. The van der Waals surface area contributed by atoms with E-state index in [1.165, 1.54) is 0 Å². The Balaban J connectivity index is 2.56. The van der Waals surface area contributed by atoms with Gasteiger partial charge in [-0.3, -0.25) is 28.8 Å². The predicted octanol–water partition coefficient (Wildman–Crippen LogP) is 0.864. The van der Waals surface area contributed by atoms with Crippen molar-refractivity contribution in [2.75, 3.05) is 0 Å². The molecule has 0 aliphatic heterocycles. The third kappa shape index (κ3) is 2.82. The molecular formula is C14H7NO10S2. The molecule has 0 unspecified atom stereocenters. The Kier molecular flexibility index (Phi) is 4.00. The summed E-state index contributed by atoms with van der Waals surface area (Å²) in [4.78, 5) is 33.6. The second-order valence-electron chi connectivity index (χ2n) is 5.38. The summed E-state index contributed by atoms with van der Waals surface area (Å²) in [6, 6.07) is 4.02. The Morgan fingerprint density at radius 3 is 1.70 bits per heavy atom. The van der Waals surface area contributed by atoms with Crippen molar-refractivity contribution in [3.8, 4) is 0 Å². The van der Waals surface area contributed by atoms with Gasteiger partial charge in [0.25, 0.3) is 25.9 Å². The molecular weight excluding hydrogens is 406 g/mol. The van der Waals surface area contributed by atoms with Gasteiger partial charge >= 0.3 is 0 Å². The third-order valence-electron chi connectivity index (χ3n) is 3.85. The molecule has 2 N–H and O–H groups in total. The smallest absolute Gasteiger partial charge is 0.289 e. The molecule has 0 spiro atoms. The fourth-order valence-electron chi connectivity index (χ4n) is 2.83. The van der Waals surface area contributed by atoms with Gasteiger partial charge in [0.15, 0.2) is 5.78 Å². The van der Waals surface area contributed by atoms with Crippen molar-refractivity contribution >= 4 is 37.5 Å². The van der Waals surface area contributed by atoms with Crippen molar-refractivity contribution in [3.63, 3.8) is 0 Å². The Hall–Kier alpha value is -3.00. The van der Waals surface area contributed by atoms with Gasteiger partial charge in [0, 0.05) is 11.6 Å². The number of hydrogen-bond donors (Lipinski definition) is 2. The first kappa shape index (κ1) is 18.8. The van der Waals surface area contributed by atoms with Crippen LogP contribution in [0, 0.1) is 10.1 Å². The van der Waals surface area contributed by atoms with E-state index in [4.69, 9.17) is 0 Å².